The second-order valence-electron chi connectivity index (χ2n) is 5.63. The standard InChI is InChI=1S/C18H18ClNOS/c1-4-14-15(21)9-16-17(10(2)11(3)22-16)18(20-14)12-5-7-13(19)8-6-12/h5-8,14H,4,9H2,1-3H3/t14-/m0/s1. The van der Waals surface area contributed by atoms with Gasteiger partial charge in [0.2, 0.25) is 0 Å². The van der Waals surface area contributed by atoms with Crippen LogP contribution in [0.2, 0.25) is 5.02 Å². The Morgan fingerprint density at radius 1 is 1.27 bits per heavy atom. The molecule has 114 valence electrons. The van der Waals surface area contributed by atoms with Crippen molar-refractivity contribution < 1.29 is 4.79 Å². The van der Waals surface area contributed by atoms with Crippen LogP contribution in [0.25, 0.3) is 0 Å². The fraction of sp³-hybridized carbons (Fsp3) is 0.333. The summed E-state index contributed by atoms with van der Waals surface area (Å²) in [5.74, 6) is 0.217. The number of Topliss-reactive ketones (excluding diaryl/α,β-unsaturated/α-hetero) is 1. The SMILES string of the molecule is CC[C@@H]1N=C(c2ccc(Cl)cc2)c2c(sc(C)c2C)CC1=O. The highest BCUT2D eigenvalue weighted by Crippen LogP contribution is 2.33. The molecule has 0 radical (unpaired) electrons. The average Bonchev–Trinajstić information content (AvgIpc) is 2.68. The summed E-state index contributed by atoms with van der Waals surface area (Å²) < 4.78 is 0. The number of nitrogens with zero attached hydrogens (tertiary/aromatic N) is 1. The van der Waals surface area contributed by atoms with E-state index in [1.54, 1.807) is 11.3 Å². The van der Waals surface area contributed by atoms with Crippen LogP contribution in [0.15, 0.2) is 29.3 Å². The van der Waals surface area contributed by atoms with Gasteiger partial charge in [-0.2, -0.15) is 0 Å². The largest absolute Gasteiger partial charge is 0.297 e. The molecule has 0 fully saturated rings. The number of halogens is 1. The number of aryl methyl sites for hydroxylation is 1. The van der Waals surface area contributed by atoms with E-state index in [0.717, 1.165) is 28.1 Å². The van der Waals surface area contributed by atoms with Gasteiger partial charge in [0.05, 0.1) is 5.71 Å². The van der Waals surface area contributed by atoms with E-state index in [9.17, 15) is 4.79 Å². The van der Waals surface area contributed by atoms with E-state index in [1.165, 1.54) is 10.4 Å². The summed E-state index contributed by atoms with van der Waals surface area (Å²) in [6.07, 6.45) is 1.23. The molecular formula is C18H18ClNOS. The zero-order valence-corrected chi connectivity index (χ0v) is 14.5. The molecule has 1 aliphatic heterocycles. The number of carbonyl (C=O) groups excluding carboxylic acids is 1. The van der Waals surface area contributed by atoms with Gasteiger partial charge in [0.1, 0.15) is 6.04 Å². The van der Waals surface area contributed by atoms with E-state index in [4.69, 9.17) is 16.6 Å². The summed E-state index contributed by atoms with van der Waals surface area (Å²) in [5.41, 5.74) is 4.35. The molecule has 2 aromatic rings. The number of hydrogen-bond donors (Lipinski definition) is 0. The maximum absolute atomic E-state index is 12.4. The molecule has 3 rings (SSSR count). The number of benzene rings is 1. The molecule has 0 saturated heterocycles. The molecule has 0 N–H and O–H groups in total. The third-order valence-corrected chi connectivity index (χ3v) is 5.65. The lowest BCUT2D eigenvalue weighted by Gasteiger charge is -2.10. The van der Waals surface area contributed by atoms with Gasteiger partial charge in [0.15, 0.2) is 5.78 Å². The third kappa shape index (κ3) is 2.64. The minimum absolute atomic E-state index is 0.217. The first-order valence-corrected chi connectivity index (χ1v) is 8.66. The normalized spacial score (nSPS) is 17.9. The number of carbonyl (C=O) groups is 1. The molecular weight excluding hydrogens is 314 g/mol. The molecule has 0 bridgehead atoms. The van der Waals surface area contributed by atoms with Crippen molar-refractivity contribution in [1.29, 1.82) is 0 Å². The van der Waals surface area contributed by atoms with Crippen LogP contribution in [0.4, 0.5) is 0 Å². The van der Waals surface area contributed by atoms with Crippen molar-refractivity contribution in [3.8, 4) is 0 Å². The first-order valence-electron chi connectivity index (χ1n) is 7.47. The molecule has 4 heteroatoms. The van der Waals surface area contributed by atoms with E-state index >= 15 is 0 Å². The number of rotatable bonds is 2. The molecule has 0 saturated carbocycles. The molecule has 1 atom stereocenters. The summed E-state index contributed by atoms with van der Waals surface area (Å²) in [6, 6.07) is 7.48. The van der Waals surface area contributed by atoms with Crippen molar-refractivity contribution in [2.75, 3.05) is 0 Å². The summed E-state index contributed by atoms with van der Waals surface area (Å²) in [6.45, 7) is 6.24. The Labute approximate surface area is 139 Å². The van der Waals surface area contributed by atoms with Gasteiger partial charge in [0.25, 0.3) is 0 Å². The summed E-state index contributed by atoms with van der Waals surface area (Å²) >= 11 is 7.73. The number of aliphatic imine (C=N–C) groups is 1. The van der Waals surface area contributed by atoms with E-state index < -0.39 is 0 Å². The fourth-order valence-electron chi connectivity index (χ4n) is 2.85. The number of thiophene rings is 1. The Balaban J connectivity index is 2.23. The molecule has 0 unspecified atom stereocenters. The lowest BCUT2D eigenvalue weighted by molar-refractivity contribution is -0.119. The minimum Gasteiger partial charge on any atom is -0.297 e. The smallest absolute Gasteiger partial charge is 0.162 e. The lowest BCUT2D eigenvalue weighted by Crippen LogP contribution is -2.19. The van der Waals surface area contributed by atoms with Gasteiger partial charge in [-0.1, -0.05) is 30.7 Å². The monoisotopic (exact) mass is 331 g/mol. The van der Waals surface area contributed by atoms with Gasteiger partial charge >= 0.3 is 0 Å². The zero-order chi connectivity index (χ0) is 15.9. The average molecular weight is 332 g/mol. The van der Waals surface area contributed by atoms with Crippen LogP contribution in [0.3, 0.4) is 0 Å². The Hall–Kier alpha value is -1.45. The van der Waals surface area contributed by atoms with Gasteiger partial charge in [-0.15, -0.1) is 11.3 Å². The van der Waals surface area contributed by atoms with Gasteiger partial charge in [0, 0.05) is 32.3 Å². The molecule has 2 nitrogen and oxygen atoms in total. The Morgan fingerprint density at radius 2 is 1.95 bits per heavy atom. The molecule has 22 heavy (non-hydrogen) atoms. The highest BCUT2D eigenvalue weighted by atomic mass is 35.5. The molecule has 2 heterocycles. The molecule has 1 aliphatic rings. The van der Waals surface area contributed by atoms with Crippen LogP contribution in [-0.2, 0) is 11.2 Å². The predicted octanol–water partition coefficient (Wildman–Crippen LogP) is 4.76. The van der Waals surface area contributed by atoms with Crippen LogP contribution in [0, 0.1) is 13.8 Å². The Morgan fingerprint density at radius 3 is 2.59 bits per heavy atom. The van der Waals surface area contributed by atoms with E-state index in [-0.39, 0.29) is 11.8 Å². The van der Waals surface area contributed by atoms with Crippen molar-refractivity contribution in [3.63, 3.8) is 0 Å². The number of fused-ring (bicyclic) bond motifs is 1. The Kier molecular flexibility index (Phi) is 4.20. The highest BCUT2D eigenvalue weighted by molar-refractivity contribution is 7.12. The first-order chi connectivity index (χ1) is 10.5. The molecule has 0 amide bonds. The van der Waals surface area contributed by atoms with Crippen LogP contribution in [0.5, 0.6) is 0 Å². The van der Waals surface area contributed by atoms with Crippen molar-refractivity contribution in [1.82, 2.24) is 0 Å². The van der Waals surface area contributed by atoms with Crippen molar-refractivity contribution >= 4 is 34.4 Å². The molecule has 1 aromatic carbocycles. The van der Waals surface area contributed by atoms with Crippen LogP contribution in [-0.4, -0.2) is 17.5 Å². The second-order valence-corrected chi connectivity index (χ2v) is 7.38. The topological polar surface area (TPSA) is 29.4 Å². The van der Waals surface area contributed by atoms with Crippen molar-refractivity contribution in [2.24, 2.45) is 4.99 Å². The van der Waals surface area contributed by atoms with Gasteiger partial charge in [-0.25, -0.2) is 0 Å². The van der Waals surface area contributed by atoms with Gasteiger partial charge in [-0.05, 0) is 38.0 Å². The van der Waals surface area contributed by atoms with Crippen LogP contribution >= 0.6 is 22.9 Å². The maximum atomic E-state index is 12.4. The van der Waals surface area contributed by atoms with E-state index in [1.807, 2.05) is 31.2 Å². The zero-order valence-electron chi connectivity index (χ0n) is 12.9. The second kappa shape index (κ2) is 5.98. The minimum atomic E-state index is -0.245. The quantitative estimate of drug-likeness (QED) is 0.780. The first kappa shape index (κ1) is 15.4. The highest BCUT2D eigenvalue weighted by Gasteiger charge is 2.28. The molecule has 0 aliphatic carbocycles. The number of ketones is 1. The summed E-state index contributed by atoms with van der Waals surface area (Å²) in [7, 11) is 0. The van der Waals surface area contributed by atoms with E-state index in [0.29, 0.717) is 11.4 Å². The van der Waals surface area contributed by atoms with Gasteiger partial charge < -0.3 is 0 Å². The molecule has 0 spiro atoms. The van der Waals surface area contributed by atoms with Crippen LogP contribution < -0.4 is 0 Å². The Bertz CT molecular complexity index is 758. The summed E-state index contributed by atoms with van der Waals surface area (Å²) in [5, 5.41) is 0.708. The van der Waals surface area contributed by atoms with Crippen molar-refractivity contribution in [3.05, 3.63) is 55.7 Å². The van der Waals surface area contributed by atoms with Crippen molar-refractivity contribution in [2.45, 2.75) is 39.7 Å². The molecule has 1 aromatic heterocycles. The maximum Gasteiger partial charge on any atom is 0.162 e. The summed E-state index contributed by atoms with van der Waals surface area (Å²) in [4.78, 5) is 19.7. The van der Waals surface area contributed by atoms with Gasteiger partial charge in [-0.3, -0.25) is 9.79 Å². The fourth-order valence-corrected chi connectivity index (χ4v) is 4.16. The number of hydrogen-bond acceptors (Lipinski definition) is 3. The lowest BCUT2D eigenvalue weighted by atomic mass is 9.98. The van der Waals surface area contributed by atoms with E-state index in [2.05, 4.69) is 13.8 Å². The third-order valence-electron chi connectivity index (χ3n) is 4.19. The predicted molar refractivity (Wildman–Crippen MR) is 93.7 cm³/mol. The van der Waals surface area contributed by atoms with Crippen LogP contribution in [0.1, 0.15) is 39.8 Å².